The predicted octanol–water partition coefficient (Wildman–Crippen LogP) is 2.24. The first-order valence-electron chi connectivity index (χ1n) is 6.45. The van der Waals surface area contributed by atoms with Gasteiger partial charge in [0.15, 0.2) is 5.11 Å². The Labute approximate surface area is 118 Å². The summed E-state index contributed by atoms with van der Waals surface area (Å²) in [4.78, 5) is 11.5. The second kappa shape index (κ2) is 6.02. The molecule has 2 N–H and O–H groups in total. The molecule has 1 aromatic carbocycles. The third-order valence-corrected chi connectivity index (χ3v) is 3.31. The summed E-state index contributed by atoms with van der Waals surface area (Å²) in [6.45, 7) is 3.99. The van der Waals surface area contributed by atoms with Gasteiger partial charge in [-0.25, -0.2) is 4.79 Å². The van der Waals surface area contributed by atoms with Crippen LogP contribution in [0.5, 0.6) is 0 Å². The summed E-state index contributed by atoms with van der Waals surface area (Å²) in [5.41, 5.74) is 2.19. The normalized spacial score (nSPS) is 21.9. The summed E-state index contributed by atoms with van der Waals surface area (Å²) in [5.74, 6) is -0.238. The van der Waals surface area contributed by atoms with Crippen LogP contribution in [-0.4, -0.2) is 23.2 Å². The first kappa shape index (κ1) is 13.8. The first-order valence-corrected chi connectivity index (χ1v) is 6.86. The zero-order valence-electron chi connectivity index (χ0n) is 11.1. The van der Waals surface area contributed by atoms with E-state index in [1.54, 1.807) is 0 Å². The van der Waals surface area contributed by atoms with Crippen LogP contribution in [-0.2, 0) is 16.0 Å². The molecule has 0 saturated carbocycles. The Kier molecular flexibility index (Phi) is 4.37. The molecular weight excluding hydrogens is 260 g/mol. The summed E-state index contributed by atoms with van der Waals surface area (Å²) < 4.78 is 5.07. The maximum atomic E-state index is 11.5. The van der Waals surface area contributed by atoms with E-state index in [1.165, 1.54) is 5.56 Å². The lowest BCUT2D eigenvalue weighted by Crippen LogP contribution is -2.40. The molecule has 1 aromatic rings. The van der Waals surface area contributed by atoms with E-state index in [1.807, 2.05) is 19.1 Å². The number of carbonyl (C=O) groups excluding carboxylic acids is 1. The van der Waals surface area contributed by atoms with Crippen LogP contribution in [0.25, 0.3) is 0 Å². The van der Waals surface area contributed by atoms with E-state index in [2.05, 4.69) is 29.7 Å². The van der Waals surface area contributed by atoms with Gasteiger partial charge in [0.2, 0.25) is 0 Å². The standard InChI is InChI=1S/C14H18N2O2S/c1-3-10-4-6-11(7-5-10)15-14(19)16-12-8-9(2)18-13(12)17/h4-7,9,12H,3,8H2,1-2H3,(H2,15,16,19)/t9-,12-/m0/s1. The van der Waals surface area contributed by atoms with Crippen molar-refractivity contribution >= 4 is 29.0 Å². The maximum absolute atomic E-state index is 11.5. The summed E-state index contributed by atoms with van der Waals surface area (Å²) in [6, 6.07) is 7.71. The molecule has 19 heavy (non-hydrogen) atoms. The van der Waals surface area contributed by atoms with Crippen molar-refractivity contribution in [3.8, 4) is 0 Å². The van der Waals surface area contributed by atoms with Gasteiger partial charge in [0, 0.05) is 12.1 Å². The largest absolute Gasteiger partial charge is 0.461 e. The monoisotopic (exact) mass is 278 g/mol. The molecule has 2 rings (SSSR count). The van der Waals surface area contributed by atoms with Gasteiger partial charge in [-0.2, -0.15) is 0 Å². The van der Waals surface area contributed by atoms with Gasteiger partial charge in [0.1, 0.15) is 12.1 Å². The van der Waals surface area contributed by atoms with Crippen LogP contribution >= 0.6 is 12.2 Å². The highest BCUT2D eigenvalue weighted by molar-refractivity contribution is 7.80. The topological polar surface area (TPSA) is 50.4 Å². The highest BCUT2D eigenvalue weighted by atomic mass is 32.1. The number of anilines is 1. The lowest BCUT2D eigenvalue weighted by molar-refractivity contribution is -0.142. The lowest BCUT2D eigenvalue weighted by Gasteiger charge is -2.13. The molecule has 0 bridgehead atoms. The molecule has 1 fully saturated rings. The number of rotatable bonds is 3. The van der Waals surface area contributed by atoms with Crippen LogP contribution in [0.4, 0.5) is 5.69 Å². The molecule has 0 spiro atoms. The van der Waals surface area contributed by atoms with E-state index in [0.717, 1.165) is 12.1 Å². The molecule has 0 amide bonds. The fraction of sp³-hybridized carbons (Fsp3) is 0.429. The highest BCUT2D eigenvalue weighted by Gasteiger charge is 2.32. The minimum absolute atomic E-state index is 0.0448. The summed E-state index contributed by atoms with van der Waals surface area (Å²) in [7, 11) is 0. The highest BCUT2D eigenvalue weighted by Crippen LogP contribution is 2.15. The molecular formula is C14H18N2O2S. The molecule has 102 valence electrons. The van der Waals surface area contributed by atoms with Crippen molar-refractivity contribution in [2.24, 2.45) is 0 Å². The predicted molar refractivity (Wildman–Crippen MR) is 79.1 cm³/mol. The Balaban J connectivity index is 1.88. The molecule has 1 saturated heterocycles. The molecule has 0 aromatic heterocycles. The van der Waals surface area contributed by atoms with Crippen molar-refractivity contribution in [1.29, 1.82) is 0 Å². The van der Waals surface area contributed by atoms with Crippen molar-refractivity contribution in [3.05, 3.63) is 29.8 Å². The number of hydrogen-bond donors (Lipinski definition) is 2. The van der Waals surface area contributed by atoms with Gasteiger partial charge in [-0.05, 0) is 43.3 Å². The van der Waals surface area contributed by atoms with Gasteiger partial charge in [0.05, 0.1) is 0 Å². The summed E-state index contributed by atoms with van der Waals surface area (Å²) in [5, 5.41) is 6.49. The van der Waals surface area contributed by atoms with Gasteiger partial charge in [0.25, 0.3) is 0 Å². The van der Waals surface area contributed by atoms with Crippen LogP contribution in [0.3, 0.4) is 0 Å². The fourth-order valence-corrected chi connectivity index (χ4v) is 2.28. The average molecular weight is 278 g/mol. The molecule has 5 heteroatoms. The Bertz CT molecular complexity index is 473. The van der Waals surface area contributed by atoms with Crippen molar-refractivity contribution in [2.45, 2.75) is 38.8 Å². The summed E-state index contributed by atoms with van der Waals surface area (Å²) in [6.07, 6.45) is 1.61. The summed E-state index contributed by atoms with van der Waals surface area (Å²) >= 11 is 5.20. The molecule has 4 nitrogen and oxygen atoms in total. The smallest absolute Gasteiger partial charge is 0.329 e. The van der Waals surface area contributed by atoms with Gasteiger partial charge in [-0.15, -0.1) is 0 Å². The number of cyclic esters (lactones) is 1. The minimum Gasteiger partial charge on any atom is -0.461 e. The van der Waals surface area contributed by atoms with Crippen LogP contribution in [0.1, 0.15) is 25.8 Å². The number of ether oxygens (including phenoxy) is 1. The van der Waals surface area contributed by atoms with Crippen molar-refractivity contribution in [1.82, 2.24) is 5.32 Å². The van der Waals surface area contributed by atoms with E-state index in [9.17, 15) is 4.79 Å². The molecule has 2 atom stereocenters. The Hall–Kier alpha value is -1.62. The Morgan fingerprint density at radius 2 is 2.11 bits per heavy atom. The van der Waals surface area contributed by atoms with Crippen molar-refractivity contribution in [2.75, 3.05) is 5.32 Å². The number of nitrogens with one attached hydrogen (secondary N) is 2. The minimum atomic E-state index is -0.343. The first-order chi connectivity index (χ1) is 9.08. The van der Waals surface area contributed by atoms with E-state index in [-0.39, 0.29) is 18.1 Å². The van der Waals surface area contributed by atoms with Crippen LogP contribution < -0.4 is 10.6 Å². The third kappa shape index (κ3) is 3.67. The van der Waals surface area contributed by atoms with Crippen molar-refractivity contribution < 1.29 is 9.53 Å². The second-order valence-electron chi connectivity index (χ2n) is 4.68. The number of benzene rings is 1. The van der Waals surface area contributed by atoms with Crippen LogP contribution in [0.2, 0.25) is 0 Å². The number of carbonyl (C=O) groups is 1. The molecule has 1 heterocycles. The quantitative estimate of drug-likeness (QED) is 0.656. The number of esters is 1. The van der Waals surface area contributed by atoms with Gasteiger partial charge in [-0.3, -0.25) is 0 Å². The SMILES string of the molecule is CCc1ccc(NC(=S)N[C@H]2C[C@H](C)OC2=O)cc1. The molecule has 1 aliphatic heterocycles. The van der Waals surface area contributed by atoms with Crippen LogP contribution in [0.15, 0.2) is 24.3 Å². The fourth-order valence-electron chi connectivity index (χ4n) is 2.02. The van der Waals surface area contributed by atoms with Gasteiger partial charge >= 0.3 is 5.97 Å². The van der Waals surface area contributed by atoms with E-state index < -0.39 is 0 Å². The lowest BCUT2D eigenvalue weighted by atomic mass is 10.1. The second-order valence-corrected chi connectivity index (χ2v) is 5.09. The zero-order valence-corrected chi connectivity index (χ0v) is 11.9. The number of hydrogen-bond acceptors (Lipinski definition) is 3. The van der Waals surface area contributed by atoms with E-state index >= 15 is 0 Å². The number of aryl methyl sites for hydroxylation is 1. The maximum Gasteiger partial charge on any atom is 0.329 e. The molecule has 0 aliphatic carbocycles. The average Bonchev–Trinajstić information content (AvgIpc) is 2.68. The third-order valence-electron chi connectivity index (χ3n) is 3.09. The van der Waals surface area contributed by atoms with Crippen LogP contribution in [0, 0.1) is 0 Å². The number of thiocarbonyl (C=S) groups is 1. The van der Waals surface area contributed by atoms with Gasteiger partial charge < -0.3 is 15.4 Å². The van der Waals surface area contributed by atoms with E-state index in [0.29, 0.717) is 11.5 Å². The zero-order chi connectivity index (χ0) is 13.8. The Morgan fingerprint density at radius 1 is 1.42 bits per heavy atom. The Morgan fingerprint density at radius 3 is 2.63 bits per heavy atom. The molecule has 1 aliphatic rings. The molecule has 0 unspecified atom stereocenters. The van der Waals surface area contributed by atoms with Crippen molar-refractivity contribution in [3.63, 3.8) is 0 Å². The molecule has 0 radical (unpaired) electrons. The van der Waals surface area contributed by atoms with Gasteiger partial charge in [-0.1, -0.05) is 19.1 Å². The van der Waals surface area contributed by atoms with E-state index in [4.69, 9.17) is 17.0 Å².